The summed E-state index contributed by atoms with van der Waals surface area (Å²) in [4.78, 5) is 11.6. The second-order valence-corrected chi connectivity index (χ2v) is 7.94. The minimum atomic E-state index is -0.552. The number of carbonyl (C=O) groups excluding carboxylic acids is 1. The molecule has 1 aliphatic heterocycles. The molecule has 0 N–H and O–H groups in total. The van der Waals surface area contributed by atoms with Gasteiger partial charge in [-0.1, -0.05) is 44.0 Å². The predicted octanol–water partition coefficient (Wildman–Crippen LogP) is 3.78. The molecule has 3 rings (SSSR count). The summed E-state index contributed by atoms with van der Waals surface area (Å²) < 4.78 is 6.65. The van der Waals surface area contributed by atoms with Crippen LogP contribution in [0.1, 0.15) is 23.7 Å². The summed E-state index contributed by atoms with van der Waals surface area (Å²) in [5, 5.41) is 4.56. The Labute approximate surface area is 139 Å². The van der Waals surface area contributed by atoms with Crippen molar-refractivity contribution in [1.82, 2.24) is 9.78 Å². The van der Waals surface area contributed by atoms with Crippen molar-refractivity contribution in [2.45, 2.75) is 29.9 Å². The third-order valence-corrected chi connectivity index (χ3v) is 6.39. The van der Waals surface area contributed by atoms with Crippen LogP contribution in [0.25, 0.3) is 5.69 Å². The van der Waals surface area contributed by atoms with E-state index in [1.54, 1.807) is 4.68 Å². The van der Waals surface area contributed by atoms with E-state index in [-0.39, 0.29) is 5.97 Å². The summed E-state index contributed by atoms with van der Waals surface area (Å²) in [5.41, 5.74) is 3.73. The van der Waals surface area contributed by atoms with Crippen molar-refractivity contribution in [1.29, 1.82) is 0 Å². The highest BCUT2D eigenvalue weighted by atomic mass is 79.9. The van der Waals surface area contributed by atoms with Crippen molar-refractivity contribution in [2.24, 2.45) is 0 Å². The smallest absolute Gasteiger partial charge is 0.328 e. The Morgan fingerprint density at radius 1 is 1.38 bits per heavy atom. The van der Waals surface area contributed by atoms with Gasteiger partial charge in [0.25, 0.3) is 0 Å². The number of aromatic nitrogens is 2. The van der Waals surface area contributed by atoms with Gasteiger partial charge < -0.3 is 4.74 Å². The minimum absolute atomic E-state index is 0.323. The maximum atomic E-state index is 12.1. The molecule has 0 spiro atoms. The van der Waals surface area contributed by atoms with Crippen LogP contribution in [0.2, 0.25) is 0 Å². The molecule has 1 aromatic heterocycles. The van der Waals surface area contributed by atoms with E-state index < -0.39 is 9.15 Å². The Balaban J connectivity index is 2.24. The van der Waals surface area contributed by atoms with E-state index in [2.05, 4.69) is 37.0 Å². The molecule has 2 aromatic rings. The lowest BCUT2D eigenvalue weighted by Gasteiger charge is -2.31. The number of aryl methyl sites for hydroxylation is 2. The number of hydrogen-bond acceptors (Lipinski definition) is 3. The molecule has 2 heterocycles. The first-order chi connectivity index (χ1) is 9.82. The van der Waals surface area contributed by atoms with Crippen LogP contribution in [0, 0.1) is 13.8 Å². The van der Waals surface area contributed by atoms with E-state index in [9.17, 15) is 4.79 Å². The Morgan fingerprint density at radius 2 is 2.10 bits per heavy atom. The molecule has 2 atom stereocenters. The van der Waals surface area contributed by atoms with E-state index in [1.165, 1.54) is 0 Å². The van der Waals surface area contributed by atoms with E-state index in [0.717, 1.165) is 22.5 Å². The second-order valence-electron chi connectivity index (χ2n) is 5.38. The molecular formula is C15H14Br2N2O2. The Morgan fingerprint density at radius 3 is 2.76 bits per heavy atom. The highest BCUT2D eigenvalue weighted by molar-refractivity contribution is 9.12. The van der Waals surface area contributed by atoms with Gasteiger partial charge in [0.1, 0.15) is 4.83 Å². The number of ether oxygens (including phenoxy) is 1. The fraction of sp³-hybridized carbons (Fsp3) is 0.333. The van der Waals surface area contributed by atoms with Crippen molar-refractivity contribution >= 4 is 37.8 Å². The zero-order valence-corrected chi connectivity index (χ0v) is 15.0. The third kappa shape index (κ3) is 2.25. The Bertz CT molecular complexity index is 737. The molecule has 4 nitrogen and oxygen atoms in total. The third-order valence-electron chi connectivity index (χ3n) is 3.63. The van der Waals surface area contributed by atoms with Crippen LogP contribution >= 0.6 is 31.9 Å². The number of alkyl halides is 2. The monoisotopic (exact) mass is 412 g/mol. The fourth-order valence-electron chi connectivity index (χ4n) is 2.59. The van der Waals surface area contributed by atoms with Gasteiger partial charge in [-0.2, -0.15) is 5.10 Å². The van der Waals surface area contributed by atoms with Crippen LogP contribution in [0.15, 0.2) is 24.3 Å². The minimum Gasteiger partial charge on any atom is -0.406 e. The maximum Gasteiger partial charge on any atom is 0.328 e. The lowest BCUT2D eigenvalue weighted by molar-refractivity contribution is -0.135. The van der Waals surface area contributed by atoms with Crippen LogP contribution in [0.3, 0.4) is 0 Å². The molecule has 0 saturated heterocycles. The summed E-state index contributed by atoms with van der Waals surface area (Å²) in [6, 6.07) is 7.92. The topological polar surface area (TPSA) is 44.1 Å². The highest BCUT2D eigenvalue weighted by Crippen LogP contribution is 2.48. The summed E-state index contributed by atoms with van der Waals surface area (Å²) >= 11 is 7.04. The molecule has 0 amide bonds. The number of nitrogens with zero attached hydrogens (tertiary/aromatic N) is 2. The van der Waals surface area contributed by atoms with Crippen LogP contribution in [-0.4, -0.2) is 20.6 Å². The summed E-state index contributed by atoms with van der Waals surface area (Å²) in [6.07, 6.45) is 0. The second kappa shape index (κ2) is 4.95. The van der Waals surface area contributed by atoms with Gasteiger partial charge >= 0.3 is 5.97 Å². The molecule has 1 aromatic carbocycles. The van der Waals surface area contributed by atoms with Crippen molar-refractivity contribution in [3.63, 3.8) is 0 Å². The molecular weight excluding hydrogens is 400 g/mol. The fourth-order valence-corrected chi connectivity index (χ4v) is 3.56. The van der Waals surface area contributed by atoms with Crippen LogP contribution < -0.4 is 4.74 Å². The van der Waals surface area contributed by atoms with E-state index in [4.69, 9.17) is 4.74 Å². The van der Waals surface area contributed by atoms with Gasteiger partial charge in [0, 0.05) is 0 Å². The number of carbonyl (C=O) groups is 1. The highest BCUT2D eigenvalue weighted by Gasteiger charge is 2.47. The van der Waals surface area contributed by atoms with Gasteiger partial charge in [0.05, 0.1) is 21.3 Å². The maximum absolute atomic E-state index is 12.1. The summed E-state index contributed by atoms with van der Waals surface area (Å²) in [7, 11) is 0. The predicted molar refractivity (Wildman–Crippen MR) is 87.7 cm³/mol. The van der Waals surface area contributed by atoms with Gasteiger partial charge in [-0.3, -0.25) is 4.79 Å². The zero-order chi connectivity index (χ0) is 15.4. The Hall–Kier alpha value is -1.14. The molecule has 0 radical (unpaired) electrons. The van der Waals surface area contributed by atoms with Gasteiger partial charge in [-0.15, -0.1) is 0 Å². The molecule has 0 fully saturated rings. The van der Waals surface area contributed by atoms with Gasteiger partial charge in [0.2, 0.25) is 5.88 Å². The molecule has 110 valence electrons. The number of hydrogen-bond donors (Lipinski definition) is 0. The molecule has 2 unspecified atom stereocenters. The van der Waals surface area contributed by atoms with Crippen LogP contribution in [0.5, 0.6) is 5.88 Å². The number of fused-ring (bicyclic) bond motifs is 1. The number of benzene rings is 1. The van der Waals surface area contributed by atoms with Crippen molar-refractivity contribution < 1.29 is 9.53 Å². The normalized spacial score (nSPS) is 24.6. The van der Waals surface area contributed by atoms with E-state index >= 15 is 0 Å². The molecule has 0 bridgehead atoms. The average molecular weight is 414 g/mol. The molecule has 21 heavy (non-hydrogen) atoms. The SMILES string of the molecule is Cc1cccc(-n2nc(C)c3c2OC(=O)C(Br)C3(C)Br)c1. The van der Waals surface area contributed by atoms with Gasteiger partial charge in [-0.05, 0) is 38.5 Å². The largest absolute Gasteiger partial charge is 0.406 e. The zero-order valence-electron chi connectivity index (χ0n) is 11.9. The van der Waals surface area contributed by atoms with Crippen LogP contribution in [-0.2, 0) is 9.12 Å². The summed E-state index contributed by atoms with van der Waals surface area (Å²) in [6.45, 7) is 5.88. The first-order valence-electron chi connectivity index (χ1n) is 6.54. The standard InChI is InChI=1S/C15H14Br2N2O2/c1-8-5-4-6-10(7-8)19-13-11(9(2)18-19)15(3,17)12(16)14(20)21-13/h4-7,12H,1-3H3. The molecule has 0 aliphatic carbocycles. The number of esters is 1. The van der Waals surface area contributed by atoms with Crippen molar-refractivity contribution in [3.05, 3.63) is 41.1 Å². The van der Waals surface area contributed by atoms with Crippen molar-refractivity contribution in [3.8, 4) is 11.6 Å². The van der Waals surface area contributed by atoms with Crippen LogP contribution in [0.4, 0.5) is 0 Å². The quantitative estimate of drug-likeness (QED) is 0.527. The molecule has 0 saturated carbocycles. The van der Waals surface area contributed by atoms with E-state index in [1.807, 2.05) is 45.0 Å². The molecule has 1 aliphatic rings. The number of rotatable bonds is 1. The molecule has 6 heteroatoms. The Kier molecular flexibility index (Phi) is 3.48. The lowest BCUT2D eigenvalue weighted by atomic mass is 9.96. The number of halogens is 2. The average Bonchev–Trinajstić information content (AvgIpc) is 2.74. The lowest BCUT2D eigenvalue weighted by Crippen LogP contribution is -2.40. The van der Waals surface area contributed by atoms with E-state index in [0.29, 0.717) is 5.88 Å². The summed E-state index contributed by atoms with van der Waals surface area (Å²) in [5.74, 6) is 0.161. The van der Waals surface area contributed by atoms with Crippen molar-refractivity contribution in [2.75, 3.05) is 0 Å². The van der Waals surface area contributed by atoms with Gasteiger partial charge in [-0.25, -0.2) is 4.68 Å². The van der Waals surface area contributed by atoms with Gasteiger partial charge in [0.15, 0.2) is 0 Å². The first kappa shape index (κ1) is 14.8. The first-order valence-corrected chi connectivity index (χ1v) is 8.25.